The van der Waals surface area contributed by atoms with Crippen LogP contribution in [0.1, 0.15) is 12.8 Å². The third-order valence-corrected chi connectivity index (χ3v) is 5.62. The average molecular weight is 426 g/mol. The first-order valence-corrected chi connectivity index (χ1v) is 10.7. The molecule has 2 aromatic carbocycles. The maximum atomic E-state index is 13.9. The largest absolute Gasteiger partial charge is 0.478 e. The number of halogens is 1. The molecule has 2 aromatic rings. The molecule has 2 aliphatic rings. The van der Waals surface area contributed by atoms with E-state index in [1.165, 1.54) is 6.07 Å². The van der Waals surface area contributed by atoms with Gasteiger partial charge in [0.05, 0.1) is 17.8 Å². The Labute approximate surface area is 181 Å². The molecule has 8 heteroatoms. The van der Waals surface area contributed by atoms with E-state index in [9.17, 15) is 14.0 Å². The minimum absolute atomic E-state index is 0.0124. The van der Waals surface area contributed by atoms with E-state index in [2.05, 4.69) is 20.4 Å². The number of carbonyl (C=O) groups excluding carboxylic acids is 2. The van der Waals surface area contributed by atoms with Crippen LogP contribution in [0, 0.1) is 5.82 Å². The Kier molecular flexibility index (Phi) is 6.66. The second kappa shape index (κ2) is 9.78. The summed E-state index contributed by atoms with van der Waals surface area (Å²) < 4.78 is 19.6. The van der Waals surface area contributed by atoms with E-state index in [1.54, 1.807) is 18.2 Å². The summed E-state index contributed by atoms with van der Waals surface area (Å²) >= 11 is 0. The molecular formula is C23H27FN4O3. The minimum Gasteiger partial charge on any atom is -0.478 e. The zero-order valence-corrected chi connectivity index (χ0v) is 17.4. The molecule has 0 aliphatic carbocycles. The molecular weight excluding hydrogens is 399 g/mol. The van der Waals surface area contributed by atoms with E-state index >= 15 is 0 Å². The van der Waals surface area contributed by atoms with Crippen LogP contribution < -0.4 is 20.3 Å². The zero-order chi connectivity index (χ0) is 21.6. The Morgan fingerprint density at radius 2 is 1.84 bits per heavy atom. The molecule has 4 rings (SSSR count). The van der Waals surface area contributed by atoms with Gasteiger partial charge in [-0.25, -0.2) is 4.39 Å². The van der Waals surface area contributed by atoms with Crippen molar-refractivity contribution in [3.63, 3.8) is 0 Å². The number of fused-ring (bicyclic) bond motifs is 1. The maximum Gasteiger partial charge on any atom is 0.266 e. The fourth-order valence-corrected chi connectivity index (χ4v) is 3.92. The standard InChI is InChI=1S/C23H27FN4O3/c24-17-6-1-3-8-19(17)28-14-12-27(13-15-28)11-5-10-25-22(29)16-21-23(30)26-18-7-2-4-9-20(18)31-21/h1-4,6-9,21H,5,10-16H2,(H,25,29)(H,26,30). The van der Waals surface area contributed by atoms with Gasteiger partial charge in [0.2, 0.25) is 5.91 Å². The molecule has 2 heterocycles. The van der Waals surface area contributed by atoms with Gasteiger partial charge in [-0.1, -0.05) is 24.3 Å². The number of hydrogen-bond donors (Lipinski definition) is 2. The van der Waals surface area contributed by atoms with Crippen LogP contribution in [0.3, 0.4) is 0 Å². The number of nitrogens with zero attached hydrogens (tertiary/aromatic N) is 2. The molecule has 1 fully saturated rings. The number of piperazine rings is 1. The van der Waals surface area contributed by atoms with Gasteiger partial charge < -0.3 is 20.3 Å². The van der Waals surface area contributed by atoms with Gasteiger partial charge in [0.25, 0.3) is 5.91 Å². The van der Waals surface area contributed by atoms with E-state index in [4.69, 9.17) is 4.74 Å². The van der Waals surface area contributed by atoms with Gasteiger partial charge in [-0.2, -0.15) is 0 Å². The van der Waals surface area contributed by atoms with Crippen LogP contribution in [0.5, 0.6) is 5.75 Å². The van der Waals surface area contributed by atoms with Gasteiger partial charge in [0, 0.05) is 32.7 Å². The van der Waals surface area contributed by atoms with Crippen LogP contribution in [0.25, 0.3) is 0 Å². The van der Waals surface area contributed by atoms with E-state index < -0.39 is 6.10 Å². The van der Waals surface area contributed by atoms with Crippen LogP contribution in [0.15, 0.2) is 48.5 Å². The molecule has 0 bridgehead atoms. The molecule has 7 nitrogen and oxygen atoms in total. The molecule has 2 aliphatic heterocycles. The number of ether oxygens (including phenoxy) is 1. The number of amides is 2. The number of nitrogens with one attached hydrogen (secondary N) is 2. The Bertz CT molecular complexity index is 931. The van der Waals surface area contributed by atoms with E-state index in [-0.39, 0.29) is 24.1 Å². The fourth-order valence-electron chi connectivity index (χ4n) is 3.92. The summed E-state index contributed by atoms with van der Waals surface area (Å²) in [5.74, 6) is -0.113. The van der Waals surface area contributed by atoms with Crippen molar-refractivity contribution in [2.24, 2.45) is 0 Å². The highest BCUT2D eigenvalue weighted by atomic mass is 19.1. The third kappa shape index (κ3) is 5.32. The topological polar surface area (TPSA) is 73.9 Å². The molecule has 2 N–H and O–H groups in total. The maximum absolute atomic E-state index is 13.9. The Balaban J connectivity index is 1.14. The lowest BCUT2D eigenvalue weighted by molar-refractivity contribution is -0.130. The molecule has 0 radical (unpaired) electrons. The summed E-state index contributed by atoms with van der Waals surface area (Å²) in [5, 5.41) is 5.64. The highest BCUT2D eigenvalue weighted by Crippen LogP contribution is 2.29. The van der Waals surface area contributed by atoms with Gasteiger partial charge in [-0.3, -0.25) is 14.5 Å². The number of benzene rings is 2. The van der Waals surface area contributed by atoms with Crippen molar-refractivity contribution in [1.82, 2.24) is 10.2 Å². The minimum atomic E-state index is -0.818. The smallest absolute Gasteiger partial charge is 0.266 e. The fraction of sp³-hybridized carbons (Fsp3) is 0.391. The lowest BCUT2D eigenvalue weighted by Gasteiger charge is -2.36. The highest BCUT2D eigenvalue weighted by Gasteiger charge is 2.29. The summed E-state index contributed by atoms with van der Waals surface area (Å²) in [5.41, 5.74) is 1.28. The third-order valence-electron chi connectivity index (χ3n) is 5.62. The van der Waals surface area contributed by atoms with Gasteiger partial charge >= 0.3 is 0 Å². The molecule has 1 atom stereocenters. The number of anilines is 2. The normalized spacial score (nSPS) is 18.7. The molecule has 0 aromatic heterocycles. The second-order valence-corrected chi connectivity index (χ2v) is 7.78. The molecule has 2 amide bonds. The number of hydrogen-bond acceptors (Lipinski definition) is 5. The first kappa shape index (κ1) is 21.1. The Morgan fingerprint density at radius 1 is 1.10 bits per heavy atom. The summed E-state index contributed by atoms with van der Waals surface area (Å²) in [6.45, 7) is 4.68. The summed E-state index contributed by atoms with van der Waals surface area (Å²) in [4.78, 5) is 28.7. The molecule has 1 unspecified atom stereocenters. The number of carbonyl (C=O) groups is 2. The van der Waals surface area contributed by atoms with Crippen LogP contribution in [0.4, 0.5) is 15.8 Å². The molecule has 1 saturated heterocycles. The lowest BCUT2D eigenvalue weighted by Crippen LogP contribution is -2.47. The van der Waals surface area contributed by atoms with Gasteiger partial charge in [-0.15, -0.1) is 0 Å². The first-order valence-electron chi connectivity index (χ1n) is 10.7. The zero-order valence-electron chi connectivity index (χ0n) is 17.4. The van der Waals surface area contributed by atoms with E-state index in [0.29, 0.717) is 23.7 Å². The van der Waals surface area contributed by atoms with Gasteiger partial charge in [0.15, 0.2) is 6.10 Å². The van der Waals surface area contributed by atoms with Crippen LogP contribution >= 0.6 is 0 Å². The molecule has 31 heavy (non-hydrogen) atoms. The predicted octanol–water partition coefficient (Wildman–Crippen LogP) is 2.24. The van der Waals surface area contributed by atoms with Crippen LogP contribution in [-0.2, 0) is 9.59 Å². The first-order chi connectivity index (χ1) is 15.1. The van der Waals surface area contributed by atoms with Crippen LogP contribution in [-0.4, -0.2) is 62.1 Å². The van der Waals surface area contributed by atoms with Crippen molar-refractivity contribution in [1.29, 1.82) is 0 Å². The van der Waals surface area contributed by atoms with E-state index in [1.807, 2.05) is 24.3 Å². The summed E-state index contributed by atoms with van der Waals surface area (Å²) in [6, 6.07) is 14.0. The number of rotatable bonds is 7. The summed E-state index contributed by atoms with van der Waals surface area (Å²) in [6.07, 6.45) is -0.0191. The monoisotopic (exact) mass is 426 g/mol. The van der Waals surface area contributed by atoms with Crippen molar-refractivity contribution >= 4 is 23.2 Å². The van der Waals surface area contributed by atoms with Gasteiger partial charge in [0.1, 0.15) is 11.6 Å². The van der Waals surface area contributed by atoms with Crippen molar-refractivity contribution in [2.75, 3.05) is 49.5 Å². The highest BCUT2D eigenvalue weighted by molar-refractivity contribution is 5.99. The van der Waals surface area contributed by atoms with Gasteiger partial charge in [-0.05, 0) is 37.2 Å². The molecule has 0 saturated carbocycles. The summed E-state index contributed by atoms with van der Waals surface area (Å²) in [7, 11) is 0. The van der Waals surface area contributed by atoms with Crippen molar-refractivity contribution in [2.45, 2.75) is 18.9 Å². The Morgan fingerprint density at radius 3 is 2.65 bits per heavy atom. The second-order valence-electron chi connectivity index (χ2n) is 7.78. The predicted molar refractivity (Wildman–Crippen MR) is 117 cm³/mol. The molecule has 0 spiro atoms. The Hall–Kier alpha value is -3.13. The van der Waals surface area contributed by atoms with Crippen molar-refractivity contribution < 1.29 is 18.7 Å². The molecule has 164 valence electrons. The van der Waals surface area contributed by atoms with E-state index in [0.717, 1.165) is 39.1 Å². The number of para-hydroxylation sites is 3. The van der Waals surface area contributed by atoms with Crippen LogP contribution in [0.2, 0.25) is 0 Å². The SMILES string of the molecule is O=C(CC1Oc2ccccc2NC1=O)NCCCN1CCN(c2ccccc2F)CC1. The quantitative estimate of drug-likeness (QED) is 0.665. The van der Waals surface area contributed by atoms with Crippen molar-refractivity contribution in [3.05, 3.63) is 54.3 Å². The van der Waals surface area contributed by atoms with Crippen molar-refractivity contribution in [3.8, 4) is 5.75 Å². The average Bonchev–Trinajstić information content (AvgIpc) is 2.78. The lowest BCUT2D eigenvalue weighted by atomic mass is 10.1.